The zero-order chi connectivity index (χ0) is 4.71. The van der Waals surface area contributed by atoms with Crippen molar-refractivity contribution in [2.24, 2.45) is 0 Å². The van der Waals surface area contributed by atoms with Crippen LogP contribution in [-0.2, 0) is 0 Å². The van der Waals surface area contributed by atoms with E-state index in [2.05, 4.69) is 45.1 Å². The van der Waals surface area contributed by atoms with Crippen LogP contribution in [0.1, 0.15) is 1.37 Å². The van der Waals surface area contributed by atoms with Crippen LogP contribution in [0, 0.1) is 7.40 Å². The first-order valence-corrected chi connectivity index (χ1v) is 10.8. The number of halogens is 2. The normalized spacial score (nSPS) is 4.25. The Hall–Kier alpha value is 2.23. The molecule has 0 bridgehead atoms. The molecule has 0 saturated carbocycles. The van der Waals surface area contributed by atoms with E-state index < -0.39 is 0 Å². The van der Waals surface area contributed by atoms with Crippen LogP contribution in [0.2, 0.25) is 0 Å². The van der Waals surface area contributed by atoms with Gasteiger partial charge in [0.25, 0.3) is 0 Å². The highest BCUT2D eigenvalue weighted by molar-refractivity contribution is 14.3. The Bertz CT molecular complexity index is 9.61. The van der Waals surface area contributed by atoms with Crippen molar-refractivity contribution in [1.29, 1.82) is 0 Å². The average molecular weight is 294 g/mol. The van der Waals surface area contributed by atoms with Gasteiger partial charge < -0.3 is 0 Å². The van der Waals surface area contributed by atoms with Crippen molar-refractivity contribution in [3.05, 3.63) is 7.40 Å². The van der Waals surface area contributed by atoms with Gasteiger partial charge in [-0.25, -0.2) is 0 Å². The standard InChI is InChI=1S/CH3.2HI.Mg/h1H3;2*1H;/q;;;+2/p-2/i1D;;;. The molecule has 3 heteroatoms. The van der Waals surface area contributed by atoms with Gasteiger partial charge in [-0.05, 0) is 0 Å². The van der Waals surface area contributed by atoms with Gasteiger partial charge in [0.1, 0.15) is 0 Å². The average Bonchev–Trinajstić information content (AvgIpc) is 1.46. The molecule has 0 aromatic heterocycles. The van der Waals surface area contributed by atoms with Gasteiger partial charge >= 0.3 is 12.6 Å². The molecule has 0 aliphatic rings. The van der Waals surface area contributed by atoms with E-state index in [-0.39, 0.29) is 0 Å². The second kappa shape index (κ2) is 8.97. The Labute approximate surface area is 58.0 Å². The van der Waals surface area contributed by atoms with Crippen LogP contribution >= 0.6 is 37.7 Å². The summed E-state index contributed by atoms with van der Waals surface area (Å²) >= 11 is 5.18. The summed E-state index contributed by atoms with van der Waals surface area (Å²) in [5.41, 5.74) is 0. The highest BCUT2D eigenvalue weighted by Crippen LogP contribution is 1.80. The van der Waals surface area contributed by atoms with Crippen molar-refractivity contribution < 1.29 is 1.37 Å². The molecule has 0 atom stereocenters. The maximum atomic E-state index is 5.50. The monoisotopic (exact) mass is 294 g/mol. The van der Waals surface area contributed by atoms with E-state index >= 15 is 0 Å². The molecule has 23 valence electrons. The number of hydrogen-bond donors (Lipinski definition) is 0. The maximum Gasteiger partial charge on any atom is 0.552 e. The van der Waals surface area contributed by atoms with Crippen molar-refractivity contribution in [1.82, 2.24) is 0 Å². The van der Waals surface area contributed by atoms with Gasteiger partial charge in [0.2, 0.25) is 0 Å². The fourth-order valence-corrected chi connectivity index (χ4v) is 0. The molecule has 0 amide bonds. The Morgan fingerprint density at radius 1 is 1.75 bits per heavy atom. The molecule has 0 N–H and O–H groups in total. The summed E-state index contributed by atoms with van der Waals surface area (Å²) in [5, 5.41) is 0. The molecule has 0 saturated heterocycles. The molecule has 0 aliphatic carbocycles. The largest absolute Gasteiger partial charge is 0.552 e. The summed E-state index contributed by atoms with van der Waals surface area (Å²) in [6, 6.07) is 0. The van der Waals surface area contributed by atoms with Crippen molar-refractivity contribution in [3.63, 3.8) is 0 Å². The molecule has 0 unspecified atom stereocenters. The van der Waals surface area contributed by atoms with Gasteiger partial charge in [-0.1, -0.05) is 7.40 Å². The van der Waals surface area contributed by atoms with Gasteiger partial charge in [0.05, 0.1) is 0 Å². The summed E-state index contributed by atoms with van der Waals surface area (Å²) in [6.07, 6.45) is 0. The van der Waals surface area contributed by atoms with Crippen LogP contribution in [0.5, 0.6) is 0 Å². The van der Waals surface area contributed by atoms with E-state index in [1.807, 2.05) is 0 Å². The van der Waals surface area contributed by atoms with Crippen molar-refractivity contribution in [2.45, 2.75) is 0 Å². The zero-order valence-electron chi connectivity index (χ0n) is 3.17. The van der Waals surface area contributed by atoms with Gasteiger partial charge in [-0.2, -0.15) is 0 Å². The Morgan fingerprint density at radius 3 is 1.75 bits per heavy atom. The molecule has 0 fully saturated rings. The van der Waals surface area contributed by atoms with Crippen molar-refractivity contribution >= 4 is 50.3 Å². The molecule has 0 heterocycles. The van der Waals surface area contributed by atoms with Crippen LogP contribution in [0.3, 0.4) is 0 Å². The highest BCUT2D eigenvalue weighted by Gasteiger charge is 1.61. The Morgan fingerprint density at radius 2 is 1.75 bits per heavy atom. The molecule has 1 radical (unpaired) electrons. The minimum atomic E-state index is 0.357. The zero-order valence-corrected chi connectivity index (χ0v) is 7.90. The first kappa shape index (κ1) is 6.23. The summed E-state index contributed by atoms with van der Waals surface area (Å²) in [4.78, 5) is 0. The van der Waals surface area contributed by atoms with Crippen LogP contribution < -0.4 is 0 Å². The van der Waals surface area contributed by atoms with Crippen molar-refractivity contribution in [2.75, 3.05) is 0 Å². The lowest BCUT2D eigenvalue weighted by molar-refractivity contribution is 3.24. The molecule has 0 rings (SSSR count). The quantitative estimate of drug-likeness (QED) is 0.472. The van der Waals surface area contributed by atoms with Crippen LogP contribution in [0.15, 0.2) is 0 Å². The third kappa shape index (κ3) is 8.88. The van der Waals surface area contributed by atoms with Gasteiger partial charge in [0.15, 0.2) is 0 Å². The lowest BCUT2D eigenvalue weighted by Crippen LogP contribution is -1.30. The smallest absolute Gasteiger partial charge is 0.276 e. The third-order valence-electron chi connectivity index (χ3n) is 0. The van der Waals surface area contributed by atoms with E-state index in [0.717, 1.165) is 0 Å². The maximum absolute atomic E-state index is 5.50. The minimum absolute atomic E-state index is 0.357. The number of rotatable bonds is 0. The molecule has 0 nitrogen and oxygen atoms in total. The fourth-order valence-electron chi connectivity index (χ4n) is 0. The van der Waals surface area contributed by atoms with Crippen LogP contribution in [0.4, 0.5) is 0 Å². The SMILES string of the molecule is [2H][CH2].[I][Mg][I]. The van der Waals surface area contributed by atoms with Crippen molar-refractivity contribution in [3.8, 4) is 0 Å². The number of hydrogen-bond acceptors (Lipinski definition) is 0. The summed E-state index contributed by atoms with van der Waals surface area (Å²) in [5.74, 6) is 0. The van der Waals surface area contributed by atoms with E-state index in [4.69, 9.17) is 1.37 Å². The fraction of sp³-hybridized carbons (Fsp3) is 0. The highest BCUT2D eigenvalue weighted by atomic mass is 127. The van der Waals surface area contributed by atoms with E-state index in [0.29, 0.717) is 12.6 Å². The Balaban J connectivity index is 0. The first-order chi connectivity index (χ1) is 2.41. The molecule has 4 heavy (non-hydrogen) atoms. The Kier molecular flexibility index (Phi) is 14.0. The second-order valence-corrected chi connectivity index (χ2v) is 13.6. The van der Waals surface area contributed by atoms with E-state index in [1.54, 1.807) is 0 Å². The molecular weight excluding hydrogens is 290 g/mol. The minimum Gasteiger partial charge on any atom is -0.276 e. The lowest BCUT2D eigenvalue weighted by Gasteiger charge is -1.33. The molecular formula is CH3I2Mg. The predicted molar refractivity (Wildman–Crippen MR) is 40.2 cm³/mol. The van der Waals surface area contributed by atoms with Crippen LogP contribution in [-0.4, -0.2) is 12.6 Å². The van der Waals surface area contributed by atoms with Gasteiger partial charge in [-0.3, -0.25) is 37.7 Å². The predicted octanol–water partition coefficient (Wildman–Crippen LogP) is 1.84. The van der Waals surface area contributed by atoms with Gasteiger partial charge in [0, 0.05) is 1.37 Å². The van der Waals surface area contributed by atoms with Crippen LogP contribution in [0.25, 0.3) is 0 Å². The summed E-state index contributed by atoms with van der Waals surface area (Å²) < 4.78 is 5.50. The third-order valence-corrected chi connectivity index (χ3v) is 0. The molecule has 0 aromatic carbocycles. The first-order valence-electron chi connectivity index (χ1n) is 1.24. The van der Waals surface area contributed by atoms with Gasteiger partial charge in [-0.15, -0.1) is 0 Å². The lowest BCUT2D eigenvalue weighted by atomic mass is 12.0. The molecule has 0 aliphatic heterocycles. The van der Waals surface area contributed by atoms with E-state index in [1.165, 1.54) is 0 Å². The second-order valence-electron chi connectivity index (χ2n) is 0.101. The topological polar surface area (TPSA) is 0 Å². The molecule has 0 aromatic rings. The van der Waals surface area contributed by atoms with E-state index in [9.17, 15) is 0 Å². The molecule has 0 spiro atoms. The summed E-state index contributed by atoms with van der Waals surface area (Å²) in [7, 11) is 2.50. The summed E-state index contributed by atoms with van der Waals surface area (Å²) in [6.45, 7) is 0.